The average molecular weight is 237 g/mol. The largest absolute Gasteiger partial charge is 0.465 e. The van der Waals surface area contributed by atoms with Crippen molar-refractivity contribution in [3.05, 3.63) is 59.1 Å². The Balaban J connectivity index is 2.18. The molecule has 1 aromatic carbocycles. The molecule has 2 N–H and O–H groups in total. The minimum absolute atomic E-state index is 0.205. The number of hydrogen-bond donors (Lipinski definition) is 1. The van der Waals surface area contributed by atoms with E-state index in [-0.39, 0.29) is 12.0 Å². The fraction of sp³-hybridized carbons (Fsp3) is 0.231. The van der Waals surface area contributed by atoms with Gasteiger partial charge < -0.3 is 10.2 Å². The van der Waals surface area contributed by atoms with Crippen molar-refractivity contribution >= 4 is 0 Å². The highest BCUT2D eigenvalue weighted by Gasteiger charge is 2.14. The Labute approximate surface area is 98.0 Å². The van der Waals surface area contributed by atoms with Crippen molar-refractivity contribution in [3.63, 3.8) is 0 Å². The smallest absolute Gasteiger partial charge is 0.126 e. The number of rotatable bonds is 3. The molecule has 0 radical (unpaired) electrons. The van der Waals surface area contributed by atoms with E-state index in [4.69, 9.17) is 10.2 Å². The Morgan fingerprint density at radius 3 is 2.65 bits per heavy atom. The number of aryl methyl sites for hydroxylation is 1. The minimum Gasteiger partial charge on any atom is -0.465 e. The van der Waals surface area contributed by atoms with Crippen molar-refractivity contribution in [2.75, 3.05) is 0 Å². The van der Waals surface area contributed by atoms with Crippen LogP contribution in [0.5, 0.6) is 0 Å². The zero-order chi connectivity index (χ0) is 12.4. The van der Waals surface area contributed by atoms with Gasteiger partial charge >= 0.3 is 0 Å². The Bertz CT molecular complexity index is 522. The predicted molar refractivity (Wildman–Crippen MR) is 60.4 cm³/mol. The van der Waals surface area contributed by atoms with Gasteiger partial charge in [-0.3, -0.25) is 0 Å². The molecule has 1 unspecified atom stereocenters. The van der Waals surface area contributed by atoms with E-state index in [1.165, 1.54) is 0 Å². The van der Waals surface area contributed by atoms with Crippen molar-refractivity contribution in [1.82, 2.24) is 0 Å². The molecule has 0 bridgehead atoms. The molecule has 1 aromatic heterocycles. The van der Waals surface area contributed by atoms with Crippen LogP contribution in [0.25, 0.3) is 0 Å². The summed E-state index contributed by atoms with van der Waals surface area (Å²) in [6.45, 7) is 1.80. The maximum Gasteiger partial charge on any atom is 0.126 e. The van der Waals surface area contributed by atoms with Crippen LogP contribution in [-0.2, 0) is 6.42 Å². The number of benzene rings is 1. The molecule has 2 aromatic rings. The number of furan rings is 1. The average Bonchev–Trinajstić information content (AvgIpc) is 2.70. The normalized spacial score (nSPS) is 12.7. The summed E-state index contributed by atoms with van der Waals surface area (Å²) < 4.78 is 31.7. The lowest BCUT2D eigenvalue weighted by atomic mass is 10.0. The van der Waals surface area contributed by atoms with Crippen molar-refractivity contribution in [3.8, 4) is 0 Å². The van der Waals surface area contributed by atoms with Crippen LogP contribution in [0.15, 0.2) is 34.7 Å². The topological polar surface area (TPSA) is 39.2 Å². The van der Waals surface area contributed by atoms with Gasteiger partial charge in [-0.1, -0.05) is 0 Å². The molecule has 0 spiro atoms. The van der Waals surface area contributed by atoms with E-state index in [1.807, 2.05) is 0 Å². The highest BCUT2D eigenvalue weighted by molar-refractivity contribution is 5.21. The minimum atomic E-state index is -0.472. The van der Waals surface area contributed by atoms with E-state index in [0.717, 1.165) is 24.0 Å². The second kappa shape index (κ2) is 4.67. The van der Waals surface area contributed by atoms with E-state index in [0.29, 0.717) is 5.76 Å². The van der Waals surface area contributed by atoms with Crippen LogP contribution < -0.4 is 5.73 Å². The number of hydrogen-bond acceptors (Lipinski definition) is 2. The first-order valence-electron chi connectivity index (χ1n) is 5.32. The molecule has 0 aliphatic heterocycles. The van der Waals surface area contributed by atoms with Crippen molar-refractivity contribution in [2.24, 2.45) is 5.73 Å². The third kappa shape index (κ3) is 2.71. The summed E-state index contributed by atoms with van der Waals surface area (Å²) >= 11 is 0. The highest BCUT2D eigenvalue weighted by atomic mass is 19.1. The van der Waals surface area contributed by atoms with Crippen molar-refractivity contribution in [2.45, 2.75) is 19.4 Å². The summed E-state index contributed by atoms with van der Waals surface area (Å²) in [6, 6.07) is 6.41. The molecule has 0 amide bonds. The molecule has 17 heavy (non-hydrogen) atoms. The molecular formula is C13H13F2NO. The summed E-state index contributed by atoms with van der Waals surface area (Å²) in [5.41, 5.74) is 6.13. The lowest BCUT2D eigenvalue weighted by molar-refractivity contribution is 0.441. The molecule has 0 fully saturated rings. The summed E-state index contributed by atoms with van der Waals surface area (Å²) in [5.74, 6) is 0.399. The van der Waals surface area contributed by atoms with Crippen LogP contribution in [0.4, 0.5) is 8.78 Å². The Morgan fingerprint density at radius 2 is 2.00 bits per heavy atom. The van der Waals surface area contributed by atoms with Crippen molar-refractivity contribution in [1.29, 1.82) is 0 Å². The second-order valence-electron chi connectivity index (χ2n) is 3.99. The first kappa shape index (κ1) is 11.8. The van der Waals surface area contributed by atoms with Crippen LogP contribution in [0.1, 0.15) is 23.1 Å². The quantitative estimate of drug-likeness (QED) is 0.890. The van der Waals surface area contributed by atoms with Gasteiger partial charge in [-0.2, -0.15) is 0 Å². The fourth-order valence-electron chi connectivity index (χ4n) is 1.69. The van der Waals surface area contributed by atoms with Gasteiger partial charge in [0.1, 0.15) is 23.2 Å². The molecule has 0 aliphatic rings. The third-order valence-corrected chi connectivity index (χ3v) is 2.57. The maximum atomic E-state index is 13.4. The predicted octanol–water partition coefficient (Wildman–Crippen LogP) is 3.11. The standard InChI is InChI=1S/C13H13F2NO/c1-8-2-5-13(17-8)12(16)7-9-6-10(14)3-4-11(9)15/h2-6,12H,7,16H2,1H3. The lowest BCUT2D eigenvalue weighted by Gasteiger charge is -2.09. The highest BCUT2D eigenvalue weighted by Crippen LogP contribution is 2.20. The number of nitrogens with two attached hydrogens (primary N) is 1. The SMILES string of the molecule is Cc1ccc(C(N)Cc2cc(F)ccc2F)o1. The molecule has 4 heteroatoms. The zero-order valence-electron chi connectivity index (χ0n) is 9.41. The van der Waals surface area contributed by atoms with Gasteiger partial charge in [0.05, 0.1) is 6.04 Å². The second-order valence-corrected chi connectivity index (χ2v) is 3.99. The first-order chi connectivity index (χ1) is 8.06. The van der Waals surface area contributed by atoms with Gasteiger partial charge in [0.25, 0.3) is 0 Å². The van der Waals surface area contributed by atoms with Gasteiger partial charge in [0.2, 0.25) is 0 Å². The fourth-order valence-corrected chi connectivity index (χ4v) is 1.69. The Kier molecular flexibility index (Phi) is 3.24. The molecule has 1 heterocycles. The van der Waals surface area contributed by atoms with E-state index in [1.54, 1.807) is 19.1 Å². The lowest BCUT2D eigenvalue weighted by Crippen LogP contribution is -2.13. The molecule has 0 saturated heterocycles. The van der Waals surface area contributed by atoms with E-state index < -0.39 is 17.7 Å². The summed E-state index contributed by atoms with van der Waals surface area (Å²) in [6.07, 6.45) is 0.205. The van der Waals surface area contributed by atoms with Gasteiger partial charge in [-0.25, -0.2) is 8.78 Å². The Hall–Kier alpha value is -1.68. The van der Waals surface area contributed by atoms with E-state index in [2.05, 4.69) is 0 Å². The zero-order valence-corrected chi connectivity index (χ0v) is 9.41. The monoisotopic (exact) mass is 237 g/mol. The molecular weight excluding hydrogens is 224 g/mol. The van der Waals surface area contributed by atoms with Crippen LogP contribution >= 0.6 is 0 Å². The number of halogens is 2. The van der Waals surface area contributed by atoms with Gasteiger partial charge in [0.15, 0.2) is 0 Å². The summed E-state index contributed by atoms with van der Waals surface area (Å²) in [7, 11) is 0. The van der Waals surface area contributed by atoms with Crippen LogP contribution in [0.3, 0.4) is 0 Å². The van der Waals surface area contributed by atoms with Gasteiger partial charge in [-0.15, -0.1) is 0 Å². The first-order valence-corrected chi connectivity index (χ1v) is 5.32. The molecule has 1 atom stereocenters. The molecule has 90 valence electrons. The van der Waals surface area contributed by atoms with Gasteiger partial charge in [-0.05, 0) is 49.2 Å². The molecule has 0 saturated carbocycles. The molecule has 2 nitrogen and oxygen atoms in total. The van der Waals surface area contributed by atoms with Crippen LogP contribution in [0.2, 0.25) is 0 Å². The summed E-state index contributed by atoms with van der Waals surface area (Å²) in [4.78, 5) is 0. The van der Waals surface area contributed by atoms with E-state index >= 15 is 0 Å². The van der Waals surface area contributed by atoms with Gasteiger partial charge in [0, 0.05) is 0 Å². The third-order valence-electron chi connectivity index (χ3n) is 2.57. The van der Waals surface area contributed by atoms with Crippen LogP contribution in [-0.4, -0.2) is 0 Å². The van der Waals surface area contributed by atoms with Crippen LogP contribution in [0, 0.1) is 18.6 Å². The van der Waals surface area contributed by atoms with E-state index in [9.17, 15) is 8.78 Å². The summed E-state index contributed by atoms with van der Waals surface area (Å²) in [5, 5.41) is 0. The maximum absolute atomic E-state index is 13.4. The Morgan fingerprint density at radius 1 is 1.24 bits per heavy atom. The van der Waals surface area contributed by atoms with Crippen molar-refractivity contribution < 1.29 is 13.2 Å². The molecule has 2 rings (SSSR count). The molecule has 0 aliphatic carbocycles.